The van der Waals surface area contributed by atoms with E-state index in [1.165, 1.54) is 23.5 Å². The minimum absolute atomic E-state index is 0.00267. The van der Waals surface area contributed by atoms with Gasteiger partial charge in [-0.3, -0.25) is 19.3 Å². The molecule has 5 nitrogen and oxygen atoms in total. The van der Waals surface area contributed by atoms with Crippen LogP contribution in [0.5, 0.6) is 0 Å². The van der Waals surface area contributed by atoms with Gasteiger partial charge >= 0.3 is 11.0 Å². The molecule has 37 heavy (non-hydrogen) atoms. The first kappa shape index (κ1) is 23.5. The highest BCUT2D eigenvalue weighted by Gasteiger charge is 2.69. The number of aromatic nitrogens is 1. The van der Waals surface area contributed by atoms with Crippen molar-refractivity contribution < 1.29 is 22.8 Å². The molecule has 2 amide bonds. The van der Waals surface area contributed by atoms with Gasteiger partial charge < -0.3 is 4.98 Å². The Labute approximate surface area is 222 Å². The average Bonchev–Trinajstić information content (AvgIpc) is 3.58. The van der Waals surface area contributed by atoms with Crippen LogP contribution in [-0.2, 0) is 15.8 Å². The normalized spacial score (nSPS) is 32.0. The van der Waals surface area contributed by atoms with E-state index < -0.39 is 35.4 Å². The van der Waals surface area contributed by atoms with Crippen LogP contribution in [0, 0.1) is 29.6 Å². The lowest BCUT2D eigenvalue weighted by molar-refractivity contribution is -0.137. The summed E-state index contributed by atoms with van der Waals surface area (Å²) in [6.07, 6.45) is -3.88. The highest BCUT2D eigenvalue weighted by molar-refractivity contribution is 8.00. The van der Waals surface area contributed by atoms with Gasteiger partial charge in [-0.15, -0.1) is 11.8 Å². The van der Waals surface area contributed by atoms with E-state index in [1.807, 2.05) is 12.1 Å². The molecule has 2 aromatic carbocycles. The molecule has 1 aromatic heterocycles. The quantitative estimate of drug-likeness (QED) is 0.402. The Morgan fingerprint density at radius 3 is 2.38 bits per heavy atom. The molecular formula is C26H18ClF3N2O3S2. The zero-order chi connectivity index (χ0) is 25.8. The molecule has 3 fully saturated rings. The Bertz CT molecular complexity index is 1520. The van der Waals surface area contributed by atoms with Gasteiger partial charge in [0.25, 0.3) is 0 Å². The number of thioether (sulfide) groups is 1. The van der Waals surface area contributed by atoms with E-state index >= 15 is 0 Å². The molecule has 3 aromatic rings. The summed E-state index contributed by atoms with van der Waals surface area (Å²) in [5.74, 6) is -2.35. The van der Waals surface area contributed by atoms with Gasteiger partial charge in [0, 0.05) is 21.1 Å². The van der Waals surface area contributed by atoms with Crippen molar-refractivity contribution in [2.45, 2.75) is 28.8 Å². The van der Waals surface area contributed by atoms with Crippen molar-refractivity contribution >= 4 is 52.2 Å². The largest absolute Gasteiger partial charge is 0.416 e. The molecular weight excluding hydrogens is 545 g/mol. The summed E-state index contributed by atoms with van der Waals surface area (Å²) >= 11 is 8.87. The van der Waals surface area contributed by atoms with E-state index in [-0.39, 0.29) is 39.5 Å². The van der Waals surface area contributed by atoms with E-state index in [2.05, 4.69) is 4.98 Å². The monoisotopic (exact) mass is 562 g/mol. The number of amides is 2. The summed E-state index contributed by atoms with van der Waals surface area (Å²) in [6, 6.07) is 11.9. The molecule has 4 aliphatic rings. The molecule has 2 saturated carbocycles. The maximum Gasteiger partial charge on any atom is 0.416 e. The summed E-state index contributed by atoms with van der Waals surface area (Å²) in [6.45, 7) is 0. The van der Waals surface area contributed by atoms with Crippen LogP contribution in [0.15, 0.2) is 58.4 Å². The minimum Gasteiger partial charge on any atom is -0.307 e. The van der Waals surface area contributed by atoms with Gasteiger partial charge in [0.1, 0.15) is 0 Å². The predicted octanol–water partition coefficient (Wildman–Crippen LogP) is 5.79. The van der Waals surface area contributed by atoms with Crippen molar-refractivity contribution in [3.05, 3.63) is 79.2 Å². The SMILES string of the molecule is O=C1[C@@H]2[C@H]3C[C@@H]([C@@H]2C(=O)N1c1cccc(C(F)(F)F)c1)[C@@H]1[C@@H](c2ccc(Cl)cc2)c2sc(=O)[nH]c2S[C@H]31. The number of halogens is 4. The molecule has 0 spiro atoms. The number of aromatic amines is 1. The van der Waals surface area contributed by atoms with E-state index in [1.54, 1.807) is 23.9 Å². The lowest BCUT2D eigenvalue weighted by atomic mass is 9.68. The number of hydrogen-bond donors (Lipinski definition) is 1. The number of carbonyl (C=O) groups is 2. The number of carbonyl (C=O) groups excluding carboxylic acids is 2. The first-order valence-electron chi connectivity index (χ1n) is 11.8. The molecule has 0 unspecified atom stereocenters. The number of nitrogens with zero attached hydrogens (tertiary/aromatic N) is 1. The molecule has 1 N–H and O–H groups in total. The first-order valence-corrected chi connectivity index (χ1v) is 13.9. The zero-order valence-corrected chi connectivity index (χ0v) is 21.3. The third-order valence-corrected chi connectivity index (χ3v) is 11.2. The van der Waals surface area contributed by atoms with Crippen molar-refractivity contribution in [3.8, 4) is 0 Å². The number of imide groups is 1. The number of hydrogen-bond acceptors (Lipinski definition) is 5. The fourth-order valence-electron chi connectivity index (χ4n) is 7.14. The van der Waals surface area contributed by atoms with Gasteiger partial charge in [0.2, 0.25) is 11.8 Å². The topological polar surface area (TPSA) is 70.2 Å². The van der Waals surface area contributed by atoms with Gasteiger partial charge in [-0.25, -0.2) is 0 Å². The lowest BCUT2D eigenvalue weighted by Crippen LogP contribution is -2.42. The number of fused-ring (bicyclic) bond motifs is 9. The highest BCUT2D eigenvalue weighted by Crippen LogP contribution is 2.68. The Morgan fingerprint density at radius 2 is 1.68 bits per heavy atom. The molecule has 2 bridgehead atoms. The zero-order valence-electron chi connectivity index (χ0n) is 18.9. The highest BCUT2D eigenvalue weighted by atomic mass is 35.5. The van der Waals surface area contributed by atoms with Gasteiger partial charge in [-0.1, -0.05) is 41.1 Å². The van der Waals surface area contributed by atoms with E-state index in [0.717, 1.165) is 32.5 Å². The maximum absolute atomic E-state index is 13.7. The summed E-state index contributed by atoms with van der Waals surface area (Å²) in [5.41, 5.74) is 0.0600. The van der Waals surface area contributed by atoms with Crippen LogP contribution in [0.25, 0.3) is 0 Å². The summed E-state index contributed by atoms with van der Waals surface area (Å²) in [4.78, 5) is 44.3. The Balaban J connectivity index is 1.30. The number of thiazole rings is 1. The van der Waals surface area contributed by atoms with Gasteiger partial charge in [-0.2, -0.15) is 13.2 Å². The third-order valence-electron chi connectivity index (χ3n) is 8.38. The van der Waals surface area contributed by atoms with E-state index in [9.17, 15) is 27.6 Å². The van der Waals surface area contributed by atoms with Crippen LogP contribution >= 0.6 is 34.7 Å². The third kappa shape index (κ3) is 3.34. The van der Waals surface area contributed by atoms with Crippen LogP contribution in [0.1, 0.15) is 28.3 Å². The molecule has 11 heteroatoms. The summed E-state index contributed by atoms with van der Waals surface area (Å²) < 4.78 is 40.0. The fourth-order valence-corrected chi connectivity index (χ4v) is 10.2. The Hall–Kier alpha value is -2.56. The van der Waals surface area contributed by atoms with Crippen molar-refractivity contribution in [2.24, 2.45) is 29.6 Å². The van der Waals surface area contributed by atoms with Crippen LogP contribution in [0.3, 0.4) is 0 Å². The van der Waals surface area contributed by atoms with Crippen LogP contribution in [0.4, 0.5) is 18.9 Å². The number of rotatable bonds is 2. The van der Waals surface area contributed by atoms with Gasteiger partial charge in [0.05, 0.1) is 28.1 Å². The molecule has 1 saturated heterocycles. The fraction of sp³-hybridized carbons (Fsp3) is 0.346. The van der Waals surface area contributed by atoms with Crippen LogP contribution < -0.4 is 9.77 Å². The number of alkyl halides is 3. The van der Waals surface area contributed by atoms with Crippen LogP contribution in [0.2, 0.25) is 5.02 Å². The average molecular weight is 563 g/mol. The van der Waals surface area contributed by atoms with Gasteiger partial charge in [0.15, 0.2) is 0 Å². The number of nitrogens with one attached hydrogen (secondary N) is 1. The second kappa shape index (κ2) is 7.97. The second-order valence-electron chi connectivity index (χ2n) is 10.1. The molecule has 2 aliphatic heterocycles. The maximum atomic E-state index is 13.7. The second-order valence-corrected chi connectivity index (χ2v) is 12.7. The summed E-state index contributed by atoms with van der Waals surface area (Å²) in [5, 5.41) is 1.39. The van der Waals surface area contributed by atoms with Crippen molar-refractivity contribution in [3.63, 3.8) is 0 Å². The first-order chi connectivity index (χ1) is 17.6. The predicted molar refractivity (Wildman–Crippen MR) is 134 cm³/mol. The molecule has 0 radical (unpaired) electrons. The molecule has 190 valence electrons. The number of anilines is 1. The molecule has 7 rings (SSSR count). The minimum atomic E-state index is -4.58. The molecule has 3 heterocycles. The van der Waals surface area contributed by atoms with Crippen molar-refractivity contribution in [1.82, 2.24) is 4.98 Å². The Kier molecular flexibility index (Phi) is 5.07. The number of benzene rings is 2. The van der Waals surface area contributed by atoms with Crippen LogP contribution in [-0.4, -0.2) is 22.0 Å². The van der Waals surface area contributed by atoms with E-state index in [0.29, 0.717) is 11.4 Å². The lowest BCUT2D eigenvalue weighted by Gasteiger charge is -2.43. The van der Waals surface area contributed by atoms with Gasteiger partial charge in [-0.05, 0) is 60.1 Å². The van der Waals surface area contributed by atoms with E-state index in [4.69, 9.17) is 11.6 Å². The van der Waals surface area contributed by atoms with Crippen molar-refractivity contribution in [2.75, 3.05) is 4.90 Å². The molecule has 7 atom stereocenters. The molecule has 2 aliphatic carbocycles. The van der Waals surface area contributed by atoms with Crippen molar-refractivity contribution in [1.29, 1.82) is 0 Å². The standard InChI is InChI=1S/C26H18ClF3N2O3S2/c27-12-6-4-10(5-7-12)16-17-14-9-15(20(17)36-22-21(16)37-25(35)31-22)19-18(14)23(33)32(24(19)34)13-3-1-2-11(8-13)26(28,29)30/h1-8,14-20H,9H2,(H,31,35)/t14-,15-,16-,17-,18+,19-,20-/m1/s1. The smallest absolute Gasteiger partial charge is 0.307 e. The Morgan fingerprint density at radius 1 is 0.973 bits per heavy atom. The summed E-state index contributed by atoms with van der Waals surface area (Å²) in [7, 11) is 0. The number of H-pyrrole nitrogens is 1.